The zero-order valence-corrected chi connectivity index (χ0v) is 10.8. The molecule has 0 aromatic heterocycles. The monoisotopic (exact) mass is 216 g/mol. The summed E-state index contributed by atoms with van der Waals surface area (Å²) in [6, 6.07) is 4.21. The van der Waals surface area contributed by atoms with Crippen molar-refractivity contribution in [3.8, 4) is 17.6 Å². The molecule has 0 N–H and O–H groups in total. The normalized spacial score (nSPS) is 11.6. The van der Waals surface area contributed by atoms with E-state index in [1.54, 1.807) is 7.11 Å². The van der Waals surface area contributed by atoms with Gasteiger partial charge in [0, 0.05) is 6.42 Å². The summed E-state index contributed by atoms with van der Waals surface area (Å²) in [5, 5.41) is 0. The molecule has 86 valence electrons. The van der Waals surface area contributed by atoms with Crippen LogP contribution in [0.1, 0.15) is 42.9 Å². The largest absolute Gasteiger partial charge is 0.496 e. The Morgan fingerprint density at radius 2 is 1.94 bits per heavy atom. The summed E-state index contributed by atoms with van der Waals surface area (Å²) < 4.78 is 5.31. The molecule has 0 radical (unpaired) electrons. The van der Waals surface area contributed by atoms with E-state index < -0.39 is 0 Å². The summed E-state index contributed by atoms with van der Waals surface area (Å²) in [6.45, 7) is 8.37. The number of benzene rings is 1. The van der Waals surface area contributed by atoms with Gasteiger partial charge in [0.05, 0.1) is 7.11 Å². The highest BCUT2D eigenvalue weighted by Gasteiger charge is 2.11. The molecule has 1 rings (SSSR count). The first-order valence-electron chi connectivity index (χ1n) is 5.65. The molecule has 1 atom stereocenters. The van der Waals surface area contributed by atoms with Crippen molar-refractivity contribution in [1.29, 1.82) is 0 Å². The second-order valence-corrected chi connectivity index (χ2v) is 4.14. The van der Waals surface area contributed by atoms with Crippen molar-refractivity contribution in [1.82, 2.24) is 0 Å². The minimum Gasteiger partial charge on any atom is -0.496 e. The van der Waals surface area contributed by atoms with Gasteiger partial charge in [-0.3, -0.25) is 0 Å². The predicted molar refractivity (Wildman–Crippen MR) is 69.0 cm³/mol. The summed E-state index contributed by atoms with van der Waals surface area (Å²) in [6.07, 6.45) is 0.920. The molecule has 0 aliphatic heterocycles. The molecule has 1 aromatic rings. The van der Waals surface area contributed by atoms with Crippen LogP contribution in [0, 0.1) is 25.7 Å². The Hall–Kier alpha value is -1.42. The standard InChI is InChI=1S/C15H20O/c1-6-7-8-11(2)14-9-10-15(16-5)13(4)12(14)3/h9-11H,8H2,1-5H3. The molecule has 0 amide bonds. The van der Waals surface area contributed by atoms with Gasteiger partial charge in [-0.15, -0.1) is 11.8 Å². The van der Waals surface area contributed by atoms with Crippen LogP contribution in [0.25, 0.3) is 0 Å². The van der Waals surface area contributed by atoms with Gasteiger partial charge in [0.2, 0.25) is 0 Å². The van der Waals surface area contributed by atoms with Crippen LogP contribution in [0.3, 0.4) is 0 Å². The van der Waals surface area contributed by atoms with Crippen molar-refractivity contribution in [2.75, 3.05) is 7.11 Å². The minimum absolute atomic E-state index is 0.483. The minimum atomic E-state index is 0.483. The maximum atomic E-state index is 5.31. The van der Waals surface area contributed by atoms with Gasteiger partial charge in [0.25, 0.3) is 0 Å². The zero-order valence-electron chi connectivity index (χ0n) is 10.8. The lowest BCUT2D eigenvalue weighted by atomic mass is 9.91. The first-order valence-corrected chi connectivity index (χ1v) is 5.65. The fourth-order valence-corrected chi connectivity index (χ4v) is 1.94. The fraction of sp³-hybridized carbons (Fsp3) is 0.467. The number of hydrogen-bond donors (Lipinski definition) is 0. The van der Waals surface area contributed by atoms with E-state index in [2.05, 4.69) is 38.7 Å². The van der Waals surface area contributed by atoms with Gasteiger partial charge in [-0.1, -0.05) is 13.0 Å². The Bertz CT molecular complexity index is 421. The molecule has 0 aliphatic rings. The highest BCUT2D eigenvalue weighted by molar-refractivity contribution is 5.45. The molecule has 1 unspecified atom stereocenters. The van der Waals surface area contributed by atoms with Crippen molar-refractivity contribution in [2.45, 2.75) is 40.0 Å². The number of methoxy groups -OCH3 is 1. The van der Waals surface area contributed by atoms with Gasteiger partial charge in [-0.25, -0.2) is 0 Å². The van der Waals surface area contributed by atoms with Crippen molar-refractivity contribution >= 4 is 0 Å². The third-order valence-corrected chi connectivity index (χ3v) is 3.12. The van der Waals surface area contributed by atoms with E-state index in [9.17, 15) is 0 Å². The summed E-state index contributed by atoms with van der Waals surface area (Å²) in [7, 11) is 1.72. The molecule has 0 bridgehead atoms. The predicted octanol–water partition coefficient (Wildman–Crippen LogP) is 3.83. The summed E-state index contributed by atoms with van der Waals surface area (Å²) in [5.41, 5.74) is 3.93. The number of hydrogen-bond acceptors (Lipinski definition) is 1. The van der Waals surface area contributed by atoms with Crippen molar-refractivity contribution < 1.29 is 4.74 Å². The Labute approximate surface area is 98.8 Å². The number of ether oxygens (including phenoxy) is 1. The van der Waals surface area contributed by atoms with Crippen LogP contribution in [0.5, 0.6) is 5.75 Å². The molecule has 0 saturated heterocycles. The van der Waals surface area contributed by atoms with E-state index in [0.717, 1.165) is 12.2 Å². The van der Waals surface area contributed by atoms with E-state index in [1.807, 2.05) is 13.0 Å². The van der Waals surface area contributed by atoms with Crippen molar-refractivity contribution in [3.63, 3.8) is 0 Å². The first kappa shape index (κ1) is 12.6. The molecule has 16 heavy (non-hydrogen) atoms. The van der Waals surface area contributed by atoms with Crippen LogP contribution in [0.4, 0.5) is 0 Å². The maximum absolute atomic E-state index is 5.31. The average molecular weight is 216 g/mol. The lowest BCUT2D eigenvalue weighted by molar-refractivity contribution is 0.411. The molecule has 0 heterocycles. The molecule has 1 aromatic carbocycles. The molecule has 0 spiro atoms. The van der Waals surface area contributed by atoms with E-state index >= 15 is 0 Å². The first-order chi connectivity index (χ1) is 7.61. The van der Waals surface area contributed by atoms with Gasteiger partial charge in [-0.2, -0.15) is 0 Å². The quantitative estimate of drug-likeness (QED) is 0.698. The second kappa shape index (κ2) is 5.61. The van der Waals surface area contributed by atoms with Crippen LogP contribution >= 0.6 is 0 Å². The molecule has 1 nitrogen and oxygen atoms in total. The van der Waals surface area contributed by atoms with Crippen LogP contribution in [-0.2, 0) is 0 Å². The second-order valence-electron chi connectivity index (χ2n) is 4.14. The molecule has 1 heteroatoms. The van der Waals surface area contributed by atoms with Gasteiger partial charge >= 0.3 is 0 Å². The Kier molecular flexibility index (Phi) is 4.43. The Morgan fingerprint density at radius 3 is 2.50 bits per heavy atom. The summed E-state index contributed by atoms with van der Waals surface area (Å²) in [4.78, 5) is 0. The lowest BCUT2D eigenvalue weighted by Gasteiger charge is -2.16. The molecular formula is C15H20O. The lowest BCUT2D eigenvalue weighted by Crippen LogP contribution is -1.99. The van der Waals surface area contributed by atoms with Crippen LogP contribution in [-0.4, -0.2) is 7.11 Å². The smallest absolute Gasteiger partial charge is 0.122 e. The maximum Gasteiger partial charge on any atom is 0.122 e. The Morgan fingerprint density at radius 1 is 1.25 bits per heavy atom. The average Bonchev–Trinajstić information content (AvgIpc) is 2.29. The third kappa shape index (κ3) is 2.58. The van der Waals surface area contributed by atoms with E-state index in [-0.39, 0.29) is 0 Å². The highest BCUT2D eigenvalue weighted by Crippen LogP contribution is 2.29. The third-order valence-electron chi connectivity index (χ3n) is 3.12. The van der Waals surface area contributed by atoms with Crippen LogP contribution < -0.4 is 4.74 Å². The molecule has 0 fully saturated rings. The highest BCUT2D eigenvalue weighted by atomic mass is 16.5. The molecule has 0 saturated carbocycles. The van der Waals surface area contributed by atoms with E-state index in [4.69, 9.17) is 4.74 Å². The van der Waals surface area contributed by atoms with Gasteiger partial charge in [0.15, 0.2) is 0 Å². The van der Waals surface area contributed by atoms with Crippen LogP contribution in [0.15, 0.2) is 12.1 Å². The van der Waals surface area contributed by atoms with Crippen LogP contribution in [0.2, 0.25) is 0 Å². The summed E-state index contributed by atoms with van der Waals surface area (Å²) in [5.74, 6) is 7.54. The zero-order chi connectivity index (χ0) is 12.1. The summed E-state index contributed by atoms with van der Waals surface area (Å²) >= 11 is 0. The fourth-order valence-electron chi connectivity index (χ4n) is 1.94. The van der Waals surface area contributed by atoms with Gasteiger partial charge in [-0.05, 0) is 49.4 Å². The topological polar surface area (TPSA) is 9.23 Å². The Balaban J connectivity index is 3.05. The van der Waals surface area contributed by atoms with E-state index in [0.29, 0.717) is 5.92 Å². The van der Waals surface area contributed by atoms with Gasteiger partial charge in [0.1, 0.15) is 5.75 Å². The SMILES string of the molecule is CC#CCC(C)c1ccc(OC)c(C)c1C. The van der Waals surface area contributed by atoms with E-state index in [1.165, 1.54) is 16.7 Å². The van der Waals surface area contributed by atoms with Gasteiger partial charge < -0.3 is 4.74 Å². The number of rotatable bonds is 3. The molecule has 0 aliphatic carbocycles. The van der Waals surface area contributed by atoms with Crippen molar-refractivity contribution in [2.24, 2.45) is 0 Å². The molecular weight excluding hydrogens is 196 g/mol. The van der Waals surface area contributed by atoms with Crippen molar-refractivity contribution in [3.05, 3.63) is 28.8 Å².